The van der Waals surface area contributed by atoms with Crippen molar-refractivity contribution in [3.05, 3.63) is 46.7 Å². The third-order valence-electron chi connectivity index (χ3n) is 3.05. The van der Waals surface area contributed by atoms with E-state index >= 15 is 0 Å². The van der Waals surface area contributed by atoms with Crippen LogP contribution in [0.2, 0.25) is 0 Å². The fraction of sp³-hybridized carbons (Fsp3) is 0.375. The van der Waals surface area contributed by atoms with Gasteiger partial charge >= 0.3 is 0 Å². The molecule has 0 amide bonds. The first-order chi connectivity index (χ1) is 9.11. The summed E-state index contributed by atoms with van der Waals surface area (Å²) in [4.78, 5) is 0. The normalized spacial score (nSPS) is 12.8. The number of hydrogen-bond acceptors (Lipinski definition) is 2. The molecule has 0 aliphatic rings. The van der Waals surface area contributed by atoms with E-state index in [0.717, 1.165) is 46.2 Å². The predicted octanol–water partition coefficient (Wildman–Crippen LogP) is 5.20. The average molecular weight is 322 g/mol. The molecule has 2 nitrogen and oxygen atoms in total. The summed E-state index contributed by atoms with van der Waals surface area (Å²) >= 11 is 3.53. The molecule has 19 heavy (non-hydrogen) atoms. The monoisotopic (exact) mass is 321 g/mol. The van der Waals surface area contributed by atoms with E-state index in [1.807, 2.05) is 12.1 Å². The molecule has 102 valence electrons. The van der Waals surface area contributed by atoms with Gasteiger partial charge in [0.05, 0.1) is 10.5 Å². The van der Waals surface area contributed by atoms with E-state index in [0.29, 0.717) is 0 Å². The molecule has 0 spiro atoms. The lowest BCUT2D eigenvalue weighted by molar-refractivity contribution is 0.426. The second-order valence-electron chi connectivity index (χ2n) is 4.97. The van der Waals surface area contributed by atoms with Gasteiger partial charge in [-0.2, -0.15) is 0 Å². The van der Waals surface area contributed by atoms with Gasteiger partial charge in [-0.1, -0.05) is 24.6 Å². The average Bonchev–Trinajstić information content (AvgIpc) is 2.79. The smallest absolute Gasteiger partial charge is 0.148 e. The van der Waals surface area contributed by atoms with Crippen LogP contribution in [0.4, 0.5) is 0 Å². The van der Waals surface area contributed by atoms with E-state index in [4.69, 9.17) is 4.42 Å². The van der Waals surface area contributed by atoms with Gasteiger partial charge in [0, 0.05) is 5.39 Å². The standard InChI is InChI=1S/C16H20BrNO/c1-4-8-18-14(9-11(2)3)15-10-12-6-5-7-13(17)16(12)19-15/h5-7,10,14,18H,2,4,8-9H2,1,3H3. The van der Waals surface area contributed by atoms with Gasteiger partial charge in [0.25, 0.3) is 0 Å². The lowest BCUT2D eigenvalue weighted by Gasteiger charge is -2.16. The van der Waals surface area contributed by atoms with Gasteiger partial charge in [0.15, 0.2) is 0 Å². The quantitative estimate of drug-likeness (QED) is 0.739. The molecule has 0 fully saturated rings. The first-order valence-corrected chi connectivity index (χ1v) is 7.46. The van der Waals surface area contributed by atoms with Crippen molar-refractivity contribution in [2.75, 3.05) is 6.54 Å². The minimum absolute atomic E-state index is 0.205. The van der Waals surface area contributed by atoms with Crippen LogP contribution in [0.5, 0.6) is 0 Å². The zero-order chi connectivity index (χ0) is 13.8. The topological polar surface area (TPSA) is 25.2 Å². The molecule has 1 unspecified atom stereocenters. The number of fused-ring (bicyclic) bond motifs is 1. The highest BCUT2D eigenvalue weighted by Crippen LogP contribution is 2.31. The minimum Gasteiger partial charge on any atom is -0.458 e. The first-order valence-electron chi connectivity index (χ1n) is 6.67. The summed E-state index contributed by atoms with van der Waals surface area (Å²) < 4.78 is 7.01. The zero-order valence-electron chi connectivity index (χ0n) is 11.5. The molecule has 0 saturated heterocycles. The van der Waals surface area contributed by atoms with Crippen molar-refractivity contribution in [1.29, 1.82) is 0 Å². The molecule has 0 aliphatic carbocycles. The SMILES string of the molecule is C=C(C)CC(NCCC)c1cc2cccc(Br)c2o1. The fourth-order valence-corrected chi connectivity index (χ4v) is 2.62. The summed E-state index contributed by atoms with van der Waals surface area (Å²) in [6.45, 7) is 9.21. The van der Waals surface area contributed by atoms with Crippen molar-refractivity contribution >= 4 is 26.9 Å². The maximum atomic E-state index is 6.01. The second kappa shape index (κ2) is 6.40. The van der Waals surface area contributed by atoms with Crippen LogP contribution in [0.25, 0.3) is 11.0 Å². The maximum Gasteiger partial charge on any atom is 0.148 e. The Hall–Kier alpha value is -1.06. The Morgan fingerprint density at radius 3 is 2.89 bits per heavy atom. The molecule has 1 aromatic heterocycles. The van der Waals surface area contributed by atoms with Crippen molar-refractivity contribution < 1.29 is 4.42 Å². The van der Waals surface area contributed by atoms with Crippen LogP contribution in [-0.4, -0.2) is 6.54 Å². The van der Waals surface area contributed by atoms with Crippen LogP contribution in [0.3, 0.4) is 0 Å². The summed E-state index contributed by atoms with van der Waals surface area (Å²) in [5.41, 5.74) is 2.08. The number of furan rings is 1. The molecule has 2 rings (SSSR count). The predicted molar refractivity (Wildman–Crippen MR) is 84.4 cm³/mol. The molecule has 1 aromatic carbocycles. The number of hydrogen-bond donors (Lipinski definition) is 1. The van der Waals surface area contributed by atoms with E-state index in [1.54, 1.807) is 0 Å². The third kappa shape index (κ3) is 3.48. The summed E-state index contributed by atoms with van der Waals surface area (Å²) in [5, 5.41) is 4.66. The first kappa shape index (κ1) is 14.4. The summed E-state index contributed by atoms with van der Waals surface area (Å²) in [5.74, 6) is 0.985. The lowest BCUT2D eigenvalue weighted by atomic mass is 10.1. The summed E-state index contributed by atoms with van der Waals surface area (Å²) in [6, 6.07) is 8.43. The van der Waals surface area contributed by atoms with Gasteiger partial charge in [-0.15, -0.1) is 6.58 Å². The van der Waals surface area contributed by atoms with E-state index in [1.165, 1.54) is 0 Å². The summed E-state index contributed by atoms with van der Waals surface area (Å²) in [7, 11) is 0. The molecular formula is C16H20BrNO. The molecule has 0 bridgehead atoms. The van der Waals surface area contributed by atoms with Crippen molar-refractivity contribution in [2.24, 2.45) is 0 Å². The van der Waals surface area contributed by atoms with Gasteiger partial charge in [0.2, 0.25) is 0 Å². The van der Waals surface area contributed by atoms with Gasteiger partial charge in [-0.25, -0.2) is 0 Å². The van der Waals surface area contributed by atoms with E-state index in [9.17, 15) is 0 Å². The van der Waals surface area contributed by atoms with E-state index in [2.05, 4.69) is 53.8 Å². The number of para-hydroxylation sites is 1. The molecule has 0 aliphatic heterocycles. The van der Waals surface area contributed by atoms with Crippen LogP contribution >= 0.6 is 15.9 Å². The van der Waals surface area contributed by atoms with E-state index in [-0.39, 0.29) is 6.04 Å². The van der Waals surface area contributed by atoms with E-state index < -0.39 is 0 Å². The van der Waals surface area contributed by atoms with Crippen molar-refractivity contribution in [1.82, 2.24) is 5.32 Å². The summed E-state index contributed by atoms with van der Waals surface area (Å²) in [6.07, 6.45) is 2.01. The zero-order valence-corrected chi connectivity index (χ0v) is 13.1. The van der Waals surface area contributed by atoms with Crippen molar-refractivity contribution in [2.45, 2.75) is 32.7 Å². The Balaban J connectivity index is 2.32. The van der Waals surface area contributed by atoms with Crippen LogP contribution in [-0.2, 0) is 0 Å². The number of benzene rings is 1. The van der Waals surface area contributed by atoms with Gasteiger partial charge in [-0.05, 0) is 54.4 Å². The van der Waals surface area contributed by atoms with Crippen LogP contribution in [0.15, 0.2) is 45.3 Å². The van der Waals surface area contributed by atoms with Gasteiger partial charge in [-0.3, -0.25) is 0 Å². The van der Waals surface area contributed by atoms with Crippen LogP contribution in [0.1, 0.15) is 38.5 Å². The molecule has 1 N–H and O–H groups in total. The van der Waals surface area contributed by atoms with Crippen molar-refractivity contribution in [3.63, 3.8) is 0 Å². The highest BCUT2D eigenvalue weighted by molar-refractivity contribution is 9.10. The molecular weight excluding hydrogens is 302 g/mol. The maximum absolute atomic E-state index is 6.01. The number of rotatable bonds is 6. The molecule has 1 atom stereocenters. The molecule has 1 heterocycles. The molecule has 0 saturated carbocycles. The molecule has 2 aromatic rings. The third-order valence-corrected chi connectivity index (χ3v) is 3.68. The van der Waals surface area contributed by atoms with Crippen LogP contribution in [0, 0.1) is 0 Å². The highest BCUT2D eigenvalue weighted by Gasteiger charge is 2.16. The van der Waals surface area contributed by atoms with Crippen LogP contribution < -0.4 is 5.32 Å². The second-order valence-corrected chi connectivity index (χ2v) is 5.83. The minimum atomic E-state index is 0.205. The lowest BCUT2D eigenvalue weighted by Crippen LogP contribution is -2.21. The number of halogens is 1. The Kier molecular flexibility index (Phi) is 4.83. The van der Waals surface area contributed by atoms with Gasteiger partial charge in [0.1, 0.15) is 11.3 Å². The van der Waals surface area contributed by atoms with Gasteiger partial charge < -0.3 is 9.73 Å². The Labute approximate surface area is 123 Å². The molecule has 3 heteroatoms. The Bertz CT molecular complexity index is 573. The number of nitrogens with one attached hydrogen (secondary N) is 1. The fourth-order valence-electron chi connectivity index (χ4n) is 2.16. The highest BCUT2D eigenvalue weighted by atomic mass is 79.9. The molecule has 0 radical (unpaired) electrons. The Morgan fingerprint density at radius 1 is 1.47 bits per heavy atom. The Morgan fingerprint density at radius 2 is 2.26 bits per heavy atom. The van der Waals surface area contributed by atoms with Crippen molar-refractivity contribution in [3.8, 4) is 0 Å². The largest absolute Gasteiger partial charge is 0.458 e.